The van der Waals surface area contributed by atoms with Gasteiger partial charge in [-0.2, -0.15) is 5.10 Å². The number of rotatable bonds is 3. The molecule has 0 fully saturated rings. The van der Waals surface area contributed by atoms with Crippen molar-refractivity contribution in [1.82, 2.24) is 14.6 Å². The summed E-state index contributed by atoms with van der Waals surface area (Å²) in [5.74, 6) is 0.106. The minimum atomic E-state index is -0.669. The van der Waals surface area contributed by atoms with Gasteiger partial charge in [-0.05, 0) is 13.8 Å². The number of imidazole rings is 1. The number of hydrogen-bond donors (Lipinski definition) is 0. The largest absolute Gasteiger partial charge is 0.477 e. The van der Waals surface area contributed by atoms with E-state index in [0.717, 1.165) is 0 Å². The molecule has 6 nitrogen and oxygen atoms in total. The number of esters is 1. The number of carbonyl (C=O) groups excluding carboxylic acids is 1. The summed E-state index contributed by atoms with van der Waals surface area (Å²) in [5.41, 5.74) is 1.36. The van der Waals surface area contributed by atoms with E-state index >= 15 is 0 Å². The lowest BCUT2D eigenvalue weighted by Crippen LogP contribution is -2.25. The van der Waals surface area contributed by atoms with E-state index in [1.54, 1.807) is 36.8 Å². The van der Waals surface area contributed by atoms with Crippen LogP contribution in [0.3, 0.4) is 0 Å². The fourth-order valence-corrected chi connectivity index (χ4v) is 1.45. The summed E-state index contributed by atoms with van der Waals surface area (Å²) < 4.78 is 11.7. The van der Waals surface area contributed by atoms with Crippen molar-refractivity contribution < 1.29 is 14.3 Å². The zero-order valence-electron chi connectivity index (χ0n) is 11.9. The Balaban J connectivity index is 0.000000861. The van der Waals surface area contributed by atoms with Crippen LogP contribution in [-0.4, -0.2) is 33.8 Å². The Morgan fingerprint density at radius 1 is 1.42 bits per heavy atom. The maximum absolute atomic E-state index is 11.3. The predicted molar refractivity (Wildman–Crippen MR) is 71.2 cm³/mol. The molecule has 0 spiro atoms. The topological polar surface area (TPSA) is 65.7 Å². The van der Waals surface area contributed by atoms with Gasteiger partial charge in [-0.15, -0.1) is 0 Å². The Kier molecular flexibility index (Phi) is 5.29. The van der Waals surface area contributed by atoms with Gasteiger partial charge in [0.15, 0.2) is 11.8 Å². The zero-order chi connectivity index (χ0) is 14.4. The molecule has 19 heavy (non-hydrogen) atoms. The molecule has 2 aromatic heterocycles. The van der Waals surface area contributed by atoms with Crippen molar-refractivity contribution in [1.29, 1.82) is 0 Å². The third-order valence-corrected chi connectivity index (χ3v) is 2.36. The number of fused-ring (bicyclic) bond motifs is 1. The quantitative estimate of drug-likeness (QED) is 0.794. The van der Waals surface area contributed by atoms with Gasteiger partial charge in [-0.25, -0.2) is 14.3 Å². The first-order chi connectivity index (χ1) is 9.11. The second-order valence-electron chi connectivity index (χ2n) is 3.61. The molecule has 0 N–H and O–H groups in total. The van der Waals surface area contributed by atoms with Gasteiger partial charge < -0.3 is 9.47 Å². The Labute approximate surface area is 112 Å². The molecule has 2 rings (SSSR count). The van der Waals surface area contributed by atoms with Crippen molar-refractivity contribution in [3.63, 3.8) is 0 Å². The highest BCUT2D eigenvalue weighted by Gasteiger charge is 2.16. The molecule has 0 aromatic carbocycles. The van der Waals surface area contributed by atoms with Crippen LogP contribution in [0.4, 0.5) is 0 Å². The van der Waals surface area contributed by atoms with Crippen LogP contribution in [0.2, 0.25) is 0 Å². The van der Waals surface area contributed by atoms with Gasteiger partial charge in [0.05, 0.1) is 7.11 Å². The van der Waals surface area contributed by atoms with E-state index in [1.807, 2.05) is 13.8 Å². The normalized spacial score (nSPS) is 11.4. The summed E-state index contributed by atoms with van der Waals surface area (Å²) in [6.45, 7) is 7.43. The van der Waals surface area contributed by atoms with Gasteiger partial charge in [0, 0.05) is 18.5 Å². The average Bonchev–Trinajstić information content (AvgIpc) is 2.87. The average molecular weight is 265 g/mol. The summed E-state index contributed by atoms with van der Waals surface area (Å²) in [7, 11) is 1.32. The fourth-order valence-electron chi connectivity index (χ4n) is 1.45. The molecule has 1 atom stereocenters. The van der Waals surface area contributed by atoms with Crippen LogP contribution < -0.4 is 4.74 Å². The van der Waals surface area contributed by atoms with Crippen molar-refractivity contribution in [3.05, 3.63) is 24.2 Å². The van der Waals surface area contributed by atoms with Gasteiger partial charge in [-0.1, -0.05) is 13.8 Å². The third kappa shape index (κ3) is 3.43. The van der Waals surface area contributed by atoms with Gasteiger partial charge in [0.1, 0.15) is 11.4 Å². The standard InChI is InChI=1S/C11H13N3O3.C2H6/c1-7-9(17-8(2)11(15)16-3)6-10-12-4-5-14(10)13-7;1-2/h4-6,8H,1-3H3;1-2H3. The predicted octanol–water partition coefficient (Wildman–Crippen LogP) is 2.00. The minimum absolute atomic E-state index is 0.424. The lowest BCUT2D eigenvalue weighted by Gasteiger charge is -2.13. The fraction of sp³-hybridized carbons (Fsp3) is 0.462. The zero-order valence-corrected chi connectivity index (χ0v) is 11.9. The van der Waals surface area contributed by atoms with Crippen molar-refractivity contribution >= 4 is 11.6 Å². The van der Waals surface area contributed by atoms with Crippen LogP contribution in [0, 0.1) is 6.92 Å². The highest BCUT2D eigenvalue weighted by atomic mass is 16.6. The maximum Gasteiger partial charge on any atom is 0.346 e. The van der Waals surface area contributed by atoms with E-state index in [1.165, 1.54) is 7.11 Å². The Hall–Kier alpha value is -2.11. The Morgan fingerprint density at radius 3 is 2.74 bits per heavy atom. The molecule has 0 saturated carbocycles. The summed E-state index contributed by atoms with van der Waals surface area (Å²) >= 11 is 0. The minimum Gasteiger partial charge on any atom is -0.477 e. The maximum atomic E-state index is 11.3. The monoisotopic (exact) mass is 265 g/mol. The van der Waals surface area contributed by atoms with Crippen LogP contribution in [0.15, 0.2) is 18.5 Å². The van der Waals surface area contributed by atoms with Gasteiger partial charge >= 0.3 is 5.97 Å². The molecule has 0 amide bonds. The molecule has 0 radical (unpaired) electrons. The first-order valence-electron chi connectivity index (χ1n) is 6.17. The van der Waals surface area contributed by atoms with Gasteiger partial charge in [0.2, 0.25) is 0 Å². The molecule has 0 aliphatic carbocycles. The smallest absolute Gasteiger partial charge is 0.346 e. The SMILES string of the molecule is CC.COC(=O)C(C)Oc1cc2nccn2nc1C. The molecular formula is C13H19N3O3. The lowest BCUT2D eigenvalue weighted by molar-refractivity contribution is -0.147. The van der Waals surface area contributed by atoms with Crippen LogP contribution >= 0.6 is 0 Å². The lowest BCUT2D eigenvalue weighted by atomic mass is 10.3. The molecule has 1 unspecified atom stereocenters. The van der Waals surface area contributed by atoms with Crippen molar-refractivity contribution in [2.75, 3.05) is 7.11 Å². The first-order valence-corrected chi connectivity index (χ1v) is 6.17. The second-order valence-corrected chi connectivity index (χ2v) is 3.61. The molecule has 2 aromatic rings. The van der Waals surface area contributed by atoms with E-state index in [0.29, 0.717) is 17.1 Å². The number of methoxy groups -OCH3 is 1. The van der Waals surface area contributed by atoms with E-state index in [9.17, 15) is 4.79 Å². The molecule has 0 aliphatic heterocycles. The number of ether oxygens (including phenoxy) is 2. The van der Waals surface area contributed by atoms with Crippen molar-refractivity contribution in [2.45, 2.75) is 33.8 Å². The highest BCUT2D eigenvalue weighted by Crippen LogP contribution is 2.18. The number of aryl methyl sites for hydroxylation is 1. The Morgan fingerprint density at radius 2 is 2.11 bits per heavy atom. The van der Waals surface area contributed by atoms with Crippen LogP contribution in [0.1, 0.15) is 26.5 Å². The van der Waals surface area contributed by atoms with E-state index in [-0.39, 0.29) is 0 Å². The summed E-state index contributed by atoms with van der Waals surface area (Å²) in [4.78, 5) is 15.3. The Bertz CT molecular complexity index is 551. The first kappa shape index (κ1) is 14.9. The molecule has 6 heteroatoms. The molecule has 0 aliphatic rings. The van der Waals surface area contributed by atoms with Crippen molar-refractivity contribution in [2.24, 2.45) is 0 Å². The van der Waals surface area contributed by atoms with Gasteiger partial charge in [0.25, 0.3) is 0 Å². The summed E-state index contributed by atoms with van der Waals surface area (Å²) in [6.07, 6.45) is 2.73. The van der Waals surface area contributed by atoms with E-state index < -0.39 is 12.1 Å². The van der Waals surface area contributed by atoms with Gasteiger partial charge in [-0.3, -0.25) is 0 Å². The van der Waals surface area contributed by atoms with Crippen LogP contribution in [0.5, 0.6) is 5.75 Å². The van der Waals surface area contributed by atoms with Crippen LogP contribution in [-0.2, 0) is 9.53 Å². The van der Waals surface area contributed by atoms with E-state index in [4.69, 9.17) is 4.74 Å². The number of carbonyl (C=O) groups is 1. The second kappa shape index (κ2) is 6.72. The summed E-state index contributed by atoms with van der Waals surface area (Å²) in [6, 6.07) is 1.74. The highest BCUT2D eigenvalue weighted by molar-refractivity contribution is 5.74. The molecule has 0 saturated heterocycles. The molecular weight excluding hydrogens is 246 g/mol. The molecule has 104 valence electrons. The summed E-state index contributed by atoms with van der Waals surface area (Å²) in [5, 5.41) is 4.25. The third-order valence-electron chi connectivity index (χ3n) is 2.36. The number of nitrogens with zero attached hydrogens (tertiary/aromatic N) is 3. The molecule has 0 bridgehead atoms. The molecule has 2 heterocycles. The number of hydrogen-bond acceptors (Lipinski definition) is 5. The van der Waals surface area contributed by atoms with Crippen molar-refractivity contribution in [3.8, 4) is 5.75 Å². The van der Waals surface area contributed by atoms with E-state index in [2.05, 4.69) is 14.8 Å². The van der Waals surface area contributed by atoms with Crippen LogP contribution in [0.25, 0.3) is 5.65 Å². The number of aromatic nitrogens is 3.